The van der Waals surface area contributed by atoms with Crippen molar-refractivity contribution in [3.8, 4) is 0 Å². The van der Waals surface area contributed by atoms with Gasteiger partial charge >= 0.3 is 5.97 Å². The van der Waals surface area contributed by atoms with E-state index in [1.807, 2.05) is 0 Å². The molecule has 0 aliphatic heterocycles. The fraction of sp³-hybridized carbons (Fsp3) is 0.333. The summed E-state index contributed by atoms with van der Waals surface area (Å²) in [4.78, 5) is 48.4. The van der Waals surface area contributed by atoms with Crippen molar-refractivity contribution in [2.75, 3.05) is 52.4 Å². The van der Waals surface area contributed by atoms with Gasteiger partial charge in [0, 0.05) is 52.4 Å². The van der Waals surface area contributed by atoms with Gasteiger partial charge in [-0.25, -0.2) is 4.79 Å². The lowest BCUT2D eigenvalue weighted by atomic mass is 10.1. The van der Waals surface area contributed by atoms with E-state index in [1.54, 1.807) is 36.4 Å². The molecule has 2 rings (SSSR count). The zero-order chi connectivity index (χ0) is 25.5. The molecule has 0 bridgehead atoms. The van der Waals surface area contributed by atoms with Crippen LogP contribution in [-0.2, 0) is 0 Å². The average molecular weight is 484 g/mol. The fourth-order valence-electron chi connectivity index (χ4n) is 3.16. The van der Waals surface area contributed by atoms with E-state index < -0.39 is 11.9 Å². The largest absolute Gasteiger partial charge is 0.478 e. The summed E-state index contributed by atoms with van der Waals surface area (Å²) in [5.74, 6) is -2.36. The Kier molecular flexibility index (Phi) is 11.9. The molecule has 2 aromatic carbocycles. The number of aromatic carboxylic acids is 1. The molecule has 0 atom stereocenters. The van der Waals surface area contributed by atoms with Crippen LogP contribution in [0, 0.1) is 0 Å². The van der Waals surface area contributed by atoms with Crippen LogP contribution in [0.1, 0.15) is 41.4 Å². The van der Waals surface area contributed by atoms with Crippen LogP contribution >= 0.6 is 0 Å². The summed E-state index contributed by atoms with van der Waals surface area (Å²) in [5.41, 5.74) is 7.66. The van der Waals surface area contributed by atoms with E-state index in [2.05, 4.69) is 26.6 Å². The van der Waals surface area contributed by atoms with Crippen LogP contribution < -0.4 is 32.3 Å². The first-order valence-electron chi connectivity index (χ1n) is 11.3. The number of carbonyl (C=O) groups excluding carboxylic acids is 3. The van der Waals surface area contributed by atoms with E-state index >= 15 is 0 Å². The van der Waals surface area contributed by atoms with Gasteiger partial charge in [0.05, 0.1) is 22.3 Å². The van der Waals surface area contributed by atoms with Crippen LogP contribution in [-0.4, -0.2) is 81.2 Å². The molecule has 1 radical (unpaired) electrons. The zero-order valence-electron chi connectivity index (χ0n) is 19.4. The van der Waals surface area contributed by atoms with E-state index in [9.17, 15) is 19.2 Å². The predicted molar refractivity (Wildman–Crippen MR) is 131 cm³/mol. The van der Waals surface area contributed by atoms with Gasteiger partial charge in [0.2, 0.25) is 0 Å². The molecule has 35 heavy (non-hydrogen) atoms. The lowest BCUT2D eigenvalue weighted by molar-refractivity contribution is 0.0690. The molecule has 0 fully saturated rings. The number of carboxylic acid groups (broad SMARTS) is 1. The summed E-state index contributed by atoms with van der Waals surface area (Å²) in [6.45, 7) is 3.18. The molecular weight excluding hydrogens is 452 g/mol. The van der Waals surface area contributed by atoms with Crippen LogP contribution in [0.5, 0.6) is 0 Å². The van der Waals surface area contributed by atoms with Gasteiger partial charge in [-0.2, -0.15) is 0 Å². The molecule has 0 heterocycles. The lowest BCUT2D eigenvalue weighted by Crippen LogP contribution is -2.37. The van der Waals surface area contributed by atoms with E-state index in [0.717, 1.165) is 0 Å². The van der Waals surface area contributed by atoms with Gasteiger partial charge in [0.25, 0.3) is 17.7 Å². The minimum absolute atomic E-state index is 0.0598. The normalized spacial score (nSPS) is 10.4. The van der Waals surface area contributed by atoms with Gasteiger partial charge in [-0.05, 0) is 24.3 Å². The molecule has 3 amide bonds. The topological polar surface area (TPSA) is 172 Å². The maximum atomic E-state index is 12.6. The highest BCUT2D eigenvalue weighted by molar-refractivity contribution is 6.07. The first kappa shape index (κ1) is 27.4. The number of carbonyl (C=O) groups is 4. The molecule has 11 heteroatoms. The van der Waals surface area contributed by atoms with E-state index in [0.29, 0.717) is 39.3 Å². The molecule has 7 N–H and O–H groups in total. The highest BCUT2D eigenvalue weighted by atomic mass is 16.4. The number of nitrogens with one attached hydrogen (secondary N) is 6. The van der Waals surface area contributed by atoms with Crippen molar-refractivity contribution in [1.29, 1.82) is 0 Å². The van der Waals surface area contributed by atoms with Crippen LogP contribution in [0.3, 0.4) is 0 Å². The minimum Gasteiger partial charge on any atom is -0.478 e. The van der Waals surface area contributed by atoms with Gasteiger partial charge in [-0.15, -0.1) is 0 Å². The first-order valence-corrected chi connectivity index (χ1v) is 11.3. The van der Waals surface area contributed by atoms with E-state index in [1.165, 1.54) is 12.1 Å². The monoisotopic (exact) mass is 483 g/mol. The molecule has 0 aliphatic carbocycles. The van der Waals surface area contributed by atoms with Gasteiger partial charge < -0.3 is 31.7 Å². The molecule has 0 saturated heterocycles. The SMILES string of the molecule is [NH]CCNCCNC(=O)c1ccccc1C(=O)NCCNCCNC(=O)c1ccccc1C(=O)O. The average Bonchev–Trinajstić information content (AvgIpc) is 2.87. The standard InChI is InChI=1S/C24H31N6O5/c25-9-10-26-11-14-28-21(31)17-5-1-2-6-18(17)22(32)29-15-12-27-13-16-30-23(33)19-7-3-4-8-20(19)24(34)35/h1-8,25-27H,9-16H2,(H,28,31)(H,29,32)(H,30,33)(H,34,35). The second-order valence-electron chi connectivity index (χ2n) is 7.41. The maximum Gasteiger partial charge on any atom is 0.336 e. The molecular formula is C24H31N6O5. The summed E-state index contributed by atoms with van der Waals surface area (Å²) < 4.78 is 0. The third kappa shape index (κ3) is 9.16. The van der Waals surface area contributed by atoms with Crippen molar-refractivity contribution in [2.45, 2.75) is 0 Å². The Labute approximate surface area is 203 Å². The van der Waals surface area contributed by atoms with Crippen LogP contribution in [0.25, 0.3) is 0 Å². The highest BCUT2D eigenvalue weighted by Gasteiger charge is 2.16. The second-order valence-corrected chi connectivity index (χ2v) is 7.41. The lowest BCUT2D eigenvalue weighted by Gasteiger charge is -2.12. The first-order chi connectivity index (χ1) is 17.0. The summed E-state index contributed by atoms with van der Waals surface area (Å²) in [6.07, 6.45) is 0. The zero-order valence-corrected chi connectivity index (χ0v) is 19.4. The van der Waals surface area contributed by atoms with Crippen LogP contribution in [0.15, 0.2) is 48.5 Å². The molecule has 0 spiro atoms. The highest BCUT2D eigenvalue weighted by Crippen LogP contribution is 2.09. The third-order valence-electron chi connectivity index (χ3n) is 4.88. The Hall–Kier alpha value is -3.80. The summed E-state index contributed by atoms with van der Waals surface area (Å²) in [6, 6.07) is 12.5. The smallest absolute Gasteiger partial charge is 0.336 e. The Bertz CT molecular complexity index is 1010. The van der Waals surface area contributed by atoms with Crippen molar-refractivity contribution in [1.82, 2.24) is 32.3 Å². The van der Waals surface area contributed by atoms with Crippen LogP contribution in [0.4, 0.5) is 0 Å². The summed E-state index contributed by atoms with van der Waals surface area (Å²) >= 11 is 0. The number of amides is 3. The Balaban J connectivity index is 1.70. The van der Waals surface area contributed by atoms with Gasteiger partial charge in [0.15, 0.2) is 0 Å². The molecule has 0 unspecified atom stereocenters. The maximum absolute atomic E-state index is 12.6. The Morgan fingerprint density at radius 2 is 0.914 bits per heavy atom. The molecule has 0 aliphatic rings. The molecule has 0 aromatic heterocycles. The predicted octanol–water partition coefficient (Wildman–Crippen LogP) is -0.263. The third-order valence-corrected chi connectivity index (χ3v) is 4.88. The minimum atomic E-state index is -1.17. The molecule has 187 valence electrons. The molecule has 2 aromatic rings. The van der Waals surface area contributed by atoms with Crippen molar-refractivity contribution in [3.05, 3.63) is 70.8 Å². The van der Waals surface area contributed by atoms with Crippen molar-refractivity contribution in [2.24, 2.45) is 0 Å². The number of benzene rings is 2. The Morgan fingerprint density at radius 3 is 1.29 bits per heavy atom. The number of hydrogen-bond donors (Lipinski definition) is 6. The van der Waals surface area contributed by atoms with Crippen molar-refractivity contribution < 1.29 is 24.3 Å². The second kappa shape index (κ2) is 15.2. The van der Waals surface area contributed by atoms with E-state index in [-0.39, 0.29) is 47.2 Å². The number of rotatable bonds is 15. The Morgan fingerprint density at radius 1 is 0.571 bits per heavy atom. The summed E-state index contributed by atoms with van der Waals surface area (Å²) in [7, 11) is 0. The van der Waals surface area contributed by atoms with Crippen molar-refractivity contribution >= 4 is 23.7 Å². The van der Waals surface area contributed by atoms with Gasteiger partial charge in [0.1, 0.15) is 0 Å². The van der Waals surface area contributed by atoms with E-state index in [4.69, 9.17) is 10.8 Å². The number of carboxylic acids is 1. The van der Waals surface area contributed by atoms with Gasteiger partial charge in [-0.3, -0.25) is 20.1 Å². The summed E-state index contributed by atoms with van der Waals surface area (Å²) in [5, 5.41) is 23.4. The fourth-order valence-corrected chi connectivity index (χ4v) is 3.16. The van der Waals surface area contributed by atoms with Gasteiger partial charge in [-0.1, -0.05) is 24.3 Å². The molecule has 11 nitrogen and oxygen atoms in total. The molecule has 0 saturated carbocycles. The quantitative estimate of drug-likeness (QED) is 0.189. The van der Waals surface area contributed by atoms with Crippen molar-refractivity contribution in [3.63, 3.8) is 0 Å². The number of hydrogen-bond acceptors (Lipinski definition) is 6. The van der Waals surface area contributed by atoms with Crippen LogP contribution in [0.2, 0.25) is 0 Å².